The Balaban J connectivity index is 1.46. The molecule has 0 atom stereocenters. The Morgan fingerprint density at radius 1 is 1.23 bits per heavy atom. The third kappa shape index (κ3) is 4.06. The summed E-state index contributed by atoms with van der Waals surface area (Å²) < 4.78 is 17.2. The molecule has 0 aromatic heterocycles. The topological polar surface area (TPSA) is 65.0 Å². The summed E-state index contributed by atoms with van der Waals surface area (Å²) in [4.78, 5) is 11.0. The molecule has 4 rings (SSSR count). The summed E-state index contributed by atoms with van der Waals surface area (Å²) in [7, 11) is 1.56. The first-order valence-electron chi connectivity index (χ1n) is 10.0. The van der Waals surface area contributed by atoms with Crippen LogP contribution in [0.5, 0.6) is 17.2 Å². The van der Waals surface area contributed by atoms with Crippen LogP contribution < -0.4 is 14.2 Å². The summed E-state index contributed by atoms with van der Waals surface area (Å²) in [6.07, 6.45) is 3.99. The molecule has 0 amide bonds. The van der Waals surface area contributed by atoms with Crippen molar-refractivity contribution in [1.82, 2.24) is 0 Å². The first kappa shape index (κ1) is 21.1. The standard InChI is InChI=1S/C23H24Cl2O5/c1-28-19-5-4-18(24)16(22(19)25)12-29-15-2-3-17-20(11-15)30-13-23(17)8-6-14(7-9-23)10-21(26)27/h2-5,11,14H,6-10,12-13H2,1H3,(H,26,27). The molecule has 1 heterocycles. The Hall–Kier alpha value is -2.11. The molecule has 1 aliphatic carbocycles. The number of hydrogen-bond acceptors (Lipinski definition) is 4. The van der Waals surface area contributed by atoms with Gasteiger partial charge in [0.2, 0.25) is 0 Å². The summed E-state index contributed by atoms with van der Waals surface area (Å²) in [5.74, 6) is 1.62. The van der Waals surface area contributed by atoms with Crippen molar-refractivity contribution in [2.24, 2.45) is 5.92 Å². The van der Waals surface area contributed by atoms with Gasteiger partial charge in [-0.2, -0.15) is 0 Å². The molecule has 0 bridgehead atoms. The molecular formula is C23H24Cl2O5. The van der Waals surface area contributed by atoms with E-state index < -0.39 is 5.97 Å². The van der Waals surface area contributed by atoms with Gasteiger partial charge < -0.3 is 19.3 Å². The van der Waals surface area contributed by atoms with Crippen molar-refractivity contribution in [3.8, 4) is 17.2 Å². The van der Waals surface area contributed by atoms with Crippen molar-refractivity contribution in [2.45, 2.75) is 44.1 Å². The van der Waals surface area contributed by atoms with Gasteiger partial charge in [0, 0.05) is 34.1 Å². The molecule has 2 aliphatic rings. The molecule has 0 unspecified atom stereocenters. The molecule has 2 aromatic carbocycles. The van der Waals surface area contributed by atoms with E-state index in [0.717, 1.165) is 31.4 Å². The maximum Gasteiger partial charge on any atom is 0.303 e. The average molecular weight is 451 g/mol. The van der Waals surface area contributed by atoms with E-state index in [1.54, 1.807) is 19.2 Å². The van der Waals surface area contributed by atoms with Crippen LogP contribution in [0.3, 0.4) is 0 Å². The fourth-order valence-corrected chi connectivity index (χ4v) is 5.12. The van der Waals surface area contributed by atoms with Gasteiger partial charge >= 0.3 is 5.97 Å². The van der Waals surface area contributed by atoms with Crippen LogP contribution in [0.4, 0.5) is 0 Å². The molecule has 1 fully saturated rings. The quantitative estimate of drug-likeness (QED) is 0.595. The summed E-state index contributed by atoms with van der Waals surface area (Å²) >= 11 is 12.6. The maximum absolute atomic E-state index is 11.0. The molecule has 1 aliphatic heterocycles. The fourth-order valence-electron chi connectivity index (χ4n) is 4.56. The molecule has 30 heavy (non-hydrogen) atoms. The second-order valence-corrected chi connectivity index (χ2v) is 8.88. The zero-order valence-corrected chi connectivity index (χ0v) is 18.3. The van der Waals surface area contributed by atoms with Gasteiger partial charge in [0.05, 0.1) is 18.7 Å². The van der Waals surface area contributed by atoms with Crippen LogP contribution in [0.15, 0.2) is 30.3 Å². The predicted molar refractivity (Wildman–Crippen MR) is 115 cm³/mol. The Morgan fingerprint density at radius 3 is 2.70 bits per heavy atom. The molecule has 0 radical (unpaired) electrons. The van der Waals surface area contributed by atoms with Gasteiger partial charge in [0.15, 0.2) is 0 Å². The number of fused-ring (bicyclic) bond motifs is 2. The lowest BCUT2D eigenvalue weighted by molar-refractivity contribution is -0.138. The lowest BCUT2D eigenvalue weighted by atomic mass is 9.67. The second kappa shape index (κ2) is 8.56. The third-order valence-electron chi connectivity index (χ3n) is 6.31. The minimum Gasteiger partial charge on any atom is -0.495 e. The summed E-state index contributed by atoms with van der Waals surface area (Å²) in [6.45, 7) is 0.856. The minimum atomic E-state index is -0.711. The van der Waals surface area contributed by atoms with Gasteiger partial charge in [-0.25, -0.2) is 0 Å². The molecule has 160 valence electrons. The lowest BCUT2D eigenvalue weighted by Gasteiger charge is -2.35. The van der Waals surface area contributed by atoms with Crippen LogP contribution in [0.2, 0.25) is 10.0 Å². The van der Waals surface area contributed by atoms with Crippen molar-refractivity contribution >= 4 is 29.2 Å². The molecular weight excluding hydrogens is 427 g/mol. The number of rotatable bonds is 6. The Morgan fingerprint density at radius 2 is 2.00 bits per heavy atom. The Bertz CT molecular complexity index is 951. The lowest BCUT2D eigenvalue weighted by Crippen LogP contribution is -2.33. The normalized spacial score (nSPS) is 22.4. The van der Waals surface area contributed by atoms with E-state index in [2.05, 4.69) is 6.07 Å². The highest BCUT2D eigenvalue weighted by atomic mass is 35.5. The smallest absolute Gasteiger partial charge is 0.303 e. The number of ether oxygens (including phenoxy) is 3. The number of carboxylic acid groups (broad SMARTS) is 1. The van der Waals surface area contributed by atoms with Gasteiger partial charge in [-0.1, -0.05) is 29.3 Å². The number of carbonyl (C=O) groups is 1. The molecule has 2 aromatic rings. The van der Waals surface area contributed by atoms with E-state index >= 15 is 0 Å². The van der Waals surface area contributed by atoms with E-state index in [-0.39, 0.29) is 24.4 Å². The van der Waals surface area contributed by atoms with Crippen LogP contribution >= 0.6 is 23.2 Å². The molecule has 7 heteroatoms. The predicted octanol–water partition coefficient (Wildman–Crippen LogP) is 5.88. The van der Waals surface area contributed by atoms with Crippen molar-refractivity contribution in [2.75, 3.05) is 13.7 Å². The van der Waals surface area contributed by atoms with Crippen molar-refractivity contribution in [3.05, 3.63) is 51.5 Å². The SMILES string of the molecule is COc1ccc(Cl)c(COc2ccc3c(c2)OCC32CCC(CC(=O)O)CC2)c1Cl. The van der Waals surface area contributed by atoms with Crippen molar-refractivity contribution in [1.29, 1.82) is 0 Å². The largest absolute Gasteiger partial charge is 0.495 e. The van der Waals surface area contributed by atoms with Gasteiger partial charge in [-0.05, 0) is 49.8 Å². The molecule has 1 N–H and O–H groups in total. The Labute approximate surface area is 185 Å². The highest BCUT2D eigenvalue weighted by Gasteiger charge is 2.43. The molecule has 5 nitrogen and oxygen atoms in total. The maximum atomic E-state index is 11.0. The highest BCUT2D eigenvalue weighted by Crippen LogP contribution is 2.50. The zero-order valence-electron chi connectivity index (χ0n) is 16.7. The van der Waals surface area contributed by atoms with E-state index in [4.69, 9.17) is 42.5 Å². The monoisotopic (exact) mass is 450 g/mol. The number of benzene rings is 2. The Kier molecular flexibility index (Phi) is 6.03. The number of methoxy groups -OCH3 is 1. The van der Waals surface area contributed by atoms with Gasteiger partial charge in [-0.3, -0.25) is 4.79 Å². The second-order valence-electron chi connectivity index (χ2n) is 8.10. The zero-order chi connectivity index (χ0) is 21.3. The third-order valence-corrected chi connectivity index (χ3v) is 7.08. The average Bonchev–Trinajstić information content (AvgIpc) is 3.07. The molecule has 1 spiro atoms. The number of hydrogen-bond donors (Lipinski definition) is 1. The first-order chi connectivity index (χ1) is 14.4. The summed E-state index contributed by atoms with van der Waals surface area (Å²) in [6, 6.07) is 9.39. The number of aliphatic carboxylic acids is 1. The first-order valence-corrected chi connectivity index (χ1v) is 10.8. The summed E-state index contributed by atoms with van der Waals surface area (Å²) in [5.41, 5.74) is 1.86. The molecule has 1 saturated carbocycles. The van der Waals surface area contributed by atoms with Crippen LogP contribution in [0.1, 0.15) is 43.2 Å². The van der Waals surface area contributed by atoms with E-state index in [9.17, 15) is 4.79 Å². The van der Waals surface area contributed by atoms with Crippen LogP contribution in [-0.4, -0.2) is 24.8 Å². The van der Waals surface area contributed by atoms with Gasteiger partial charge in [0.25, 0.3) is 0 Å². The molecule has 0 saturated heterocycles. The van der Waals surface area contributed by atoms with Gasteiger partial charge in [0.1, 0.15) is 23.9 Å². The number of halogens is 2. The number of carboxylic acids is 1. The van der Waals surface area contributed by atoms with Gasteiger partial charge in [-0.15, -0.1) is 0 Å². The minimum absolute atomic E-state index is 0.0116. The fraction of sp³-hybridized carbons (Fsp3) is 0.435. The van der Waals surface area contributed by atoms with Crippen LogP contribution in [0.25, 0.3) is 0 Å². The van der Waals surface area contributed by atoms with Crippen molar-refractivity contribution < 1.29 is 24.1 Å². The van der Waals surface area contributed by atoms with Crippen LogP contribution in [0, 0.1) is 5.92 Å². The summed E-state index contributed by atoms with van der Waals surface area (Å²) in [5, 5.41) is 10.0. The van der Waals surface area contributed by atoms with Crippen molar-refractivity contribution in [3.63, 3.8) is 0 Å². The highest BCUT2D eigenvalue weighted by molar-refractivity contribution is 6.36. The van der Waals surface area contributed by atoms with E-state index in [1.807, 2.05) is 12.1 Å². The van der Waals surface area contributed by atoms with E-state index in [0.29, 0.717) is 33.7 Å². The van der Waals surface area contributed by atoms with Crippen LogP contribution in [-0.2, 0) is 16.8 Å². The van der Waals surface area contributed by atoms with E-state index in [1.165, 1.54) is 5.56 Å².